The van der Waals surface area contributed by atoms with Crippen LogP contribution in [-0.2, 0) is 18.4 Å². The number of carbonyl (C=O) groups is 1. The Morgan fingerprint density at radius 2 is 2.35 bits per heavy atom. The number of aryl methyl sites for hydroxylation is 2. The molecule has 2 aromatic heterocycles. The van der Waals surface area contributed by atoms with Crippen LogP contribution < -0.4 is 10.1 Å². The molecule has 120 valence electrons. The van der Waals surface area contributed by atoms with Crippen LogP contribution in [0.4, 0.5) is 11.5 Å². The lowest BCUT2D eigenvalue weighted by Crippen LogP contribution is -2.17. The summed E-state index contributed by atoms with van der Waals surface area (Å²) in [7, 11) is 2.87. The second-order valence-electron chi connectivity index (χ2n) is 4.48. The summed E-state index contributed by atoms with van der Waals surface area (Å²) in [6.45, 7) is 0.121. The molecule has 0 saturated heterocycles. The predicted molar refractivity (Wildman–Crippen MR) is 76.6 cm³/mol. The van der Waals surface area contributed by atoms with E-state index in [9.17, 15) is 14.9 Å². The molecule has 0 saturated carbocycles. The fourth-order valence-electron chi connectivity index (χ4n) is 1.86. The first kappa shape index (κ1) is 16.0. The smallest absolute Gasteiger partial charge is 0.350 e. The summed E-state index contributed by atoms with van der Waals surface area (Å²) in [5, 5.41) is 30.0. The molecule has 0 aromatic carbocycles. The highest BCUT2D eigenvalue weighted by molar-refractivity contribution is 5.91. The maximum atomic E-state index is 11.9. The van der Waals surface area contributed by atoms with E-state index in [-0.39, 0.29) is 36.0 Å². The Morgan fingerprint density at radius 3 is 2.91 bits per heavy atom. The second kappa shape index (κ2) is 6.56. The highest BCUT2D eigenvalue weighted by Gasteiger charge is 2.20. The van der Waals surface area contributed by atoms with E-state index in [0.717, 1.165) is 0 Å². The van der Waals surface area contributed by atoms with Crippen LogP contribution in [-0.4, -0.2) is 37.5 Å². The van der Waals surface area contributed by atoms with Crippen LogP contribution in [0.2, 0.25) is 0 Å². The van der Waals surface area contributed by atoms with Crippen LogP contribution in [0.25, 0.3) is 0 Å². The molecule has 1 amide bonds. The molecule has 0 fully saturated rings. The number of amides is 1. The van der Waals surface area contributed by atoms with Crippen molar-refractivity contribution in [2.24, 2.45) is 7.05 Å². The first-order valence-electron chi connectivity index (χ1n) is 6.44. The van der Waals surface area contributed by atoms with Gasteiger partial charge in [-0.3, -0.25) is 24.3 Å². The molecule has 0 aliphatic rings. The van der Waals surface area contributed by atoms with E-state index in [2.05, 4.69) is 15.5 Å². The number of anilines is 1. The number of nitrogens with zero attached hydrogens (tertiary/aromatic N) is 6. The van der Waals surface area contributed by atoms with E-state index in [1.54, 1.807) is 7.05 Å². The van der Waals surface area contributed by atoms with Gasteiger partial charge in [0.05, 0.1) is 24.8 Å². The van der Waals surface area contributed by atoms with Gasteiger partial charge < -0.3 is 10.1 Å². The molecular weight excluding hydrogens is 306 g/mol. The minimum atomic E-state index is -0.614. The summed E-state index contributed by atoms with van der Waals surface area (Å²) >= 11 is 0. The quantitative estimate of drug-likeness (QED) is 0.601. The van der Waals surface area contributed by atoms with Crippen LogP contribution in [0.1, 0.15) is 12.0 Å². The van der Waals surface area contributed by atoms with Gasteiger partial charge in [-0.25, -0.2) is 0 Å². The average Bonchev–Trinajstić information content (AvgIpc) is 3.09. The standard InChI is InChI=1S/C12H13N7O4/c1-17-11(8(5-13)6-14-17)15-10(20)3-4-18-7-9(19(21)22)12(16-18)23-2/h6-7H,3-4H2,1-2H3,(H,15,20). The minimum absolute atomic E-state index is 0.0119. The molecule has 0 unspecified atom stereocenters. The van der Waals surface area contributed by atoms with E-state index >= 15 is 0 Å². The van der Waals surface area contributed by atoms with E-state index in [1.165, 1.54) is 28.9 Å². The zero-order chi connectivity index (χ0) is 17.0. The highest BCUT2D eigenvalue weighted by Crippen LogP contribution is 2.24. The number of rotatable bonds is 6. The van der Waals surface area contributed by atoms with Gasteiger partial charge in [0, 0.05) is 13.5 Å². The maximum absolute atomic E-state index is 11.9. The third-order valence-corrected chi connectivity index (χ3v) is 2.98. The lowest BCUT2D eigenvalue weighted by Gasteiger charge is -2.05. The van der Waals surface area contributed by atoms with Crippen LogP contribution in [0, 0.1) is 21.4 Å². The largest absolute Gasteiger partial charge is 0.475 e. The summed E-state index contributed by atoms with van der Waals surface area (Å²) < 4.78 is 7.43. The van der Waals surface area contributed by atoms with E-state index in [1.807, 2.05) is 6.07 Å². The molecular formula is C12H13N7O4. The van der Waals surface area contributed by atoms with E-state index < -0.39 is 4.92 Å². The van der Waals surface area contributed by atoms with E-state index in [4.69, 9.17) is 10.00 Å². The fourth-order valence-corrected chi connectivity index (χ4v) is 1.86. The van der Waals surface area contributed by atoms with Crippen LogP contribution in [0.3, 0.4) is 0 Å². The van der Waals surface area contributed by atoms with Gasteiger partial charge in [-0.2, -0.15) is 10.4 Å². The Kier molecular flexibility index (Phi) is 4.55. The van der Waals surface area contributed by atoms with Crippen molar-refractivity contribution in [3.05, 3.63) is 28.1 Å². The number of hydrogen-bond acceptors (Lipinski definition) is 7. The van der Waals surface area contributed by atoms with Crippen LogP contribution in [0.15, 0.2) is 12.4 Å². The molecule has 11 nitrogen and oxygen atoms in total. The van der Waals surface area contributed by atoms with Crippen LogP contribution >= 0.6 is 0 Å². The van der Waals surface area contributed by atoms with Crippen molar-refractivity contribution in [1.82, 2.24) is 19.6 Å². The number of ether oxygens (including phenoxy) is 1. The van der Waals surface area contributed by atoms with Crippen molar-refractivity contribution in [3.8, 4) is 11.9 Å². The number of methoxy groups -OCH3 is 1. The summed E-state index contributed by atoms with van der Waals surface area (Å²) in [6.07, 6.45) is 2.55. The first-order chi connectivity index (χ1) is 11.0. The number of carbonyl (C=O) groups excluding carboxylic acids is 1. The Labute approximate surface area is 130 Å². The maximum Gasteiger partial charge on any atom is 0.350 e. The van der Waals surface area contributed by atoms with E-state index in [0.29, 0.717) is 5.82 Å². The molecule has 0 aliphatic heterocycles. The third-order valence-electron chi connectivity index (χ3n) is 2.98. The zero-order valence-electron chi connectivity index (χ0n) is 12.4. The number of nitrogens with one attached hydrogen (secondary N) is 1. The van der Waals surface area contributed by atoms with Crippen molar-refractivity contribution in [2.45, 2.75) is 13.0 Å². The number of nitriles is 1. The molecule has 11 heteroatoms. The Morgan fingerprint density at radius 1 is 1.61 bits per heavy atom. The van der Waals surface area contributed by atoms with Gasteiger partial charge in [-0.05, 0) is 0 Å². The van der Waals surface area contributed by atoms with Gasteiger partial charge in [0.2, 0.25) is 5.91 Å². The SMILES string of the molecule is COc1nn(CCC(=O)Nc2c(C#N)cnn2C)cc1[N+](=O)[O-]. The highest BCUT2D eigenvalue weighted by atomic mass is 16.6. The van der Waals surface area contributed by atoms with Gasteiger partial charge >= 0.3 is 11.6 Å². The Bertz CT molecular complexity index is 786. The monoisotopic (exact) mass is 319 g/mol. The molecule has 0 atom stereocenters. The Hall–Kier alpha value is -3.42. The summed E-state index contributed by atoms with van der Waals surface area (Å²) in [5.41, 5.74) is -0.0245. The van der Waals surface area contributed by atoms with Crippen LogP contribution in [0.5, 0.6) is 5.88 Å². The van der Waals surface area contributed by atoms with Gasteiger partial charge in [0.15, 0.2) is 0 Å². The van der Waals surface area contributed by atoms with Crippen molar-refractivity contribution in [3.63, 3.8) is 0 Å². The fraction of sp³-hybridized carbons (Fsp3) is 0.333. The lowest BCUT2D eigenvalue weighted by atomic mass is 10.3. The minimum Gasteiger partial charge on any atom is -0.475 e. The molecule has 2 aromatic rings. The average molecular weight is 319 g/mol. The summed E-state index contributed by atoms with van der Waals surface area (Å²) in [6, 6.07) is 1.92. The molecule has 2 rings (SSSR count). The molecule has 0 bridgehead atoms. The molecule has 2 heterocycles. The first-order valence-corrected chi connectivity index (χ1v) is 6.44. The normalized spacial score (nSPS) is 10.1. The number of hydrogen-bond donors (Lipinski definition) is 1. The Balaban J connectivity index is 2.01. The zero-order valence-corrected chi connectivity index (χ0v) is 12.4. The van der Waals surface area contributed by atoms with Crippen molar-refractivity contribution in [1.29, 1.82) is 5.26 Å². The molecule has 0 radical (unpaired) electrons. The predicted octanol–water partition coefficient (Wildman–Crippen LogP) is 0.434. The third kappa shape index (κ3) is 3.43. The molecule has 0 spiro atoms. The topological polar surface area (TPSA) is 141 Å². The van der Waals surface area contributed by atoms with Gasteiger partial charge in [0.1, 0.15) is 23.6 Å². The molecule has 1 N–H and O–H groups in total. The van der Waals surface area contributed by atoms with Crippen molar-refractivity contribution < 1.29 is 14.5 Å². The summed E-state index contributed by atoms with van der Waals surface area (Å²) in [5.74, 6) is -0.197. The lowest BCUT2D eigenvalue weighted by molar-refractivity contribution is -0.385. The van der Waals surface area contributed by atoms with Gasteiger partial charge in [-0.15, -0.1) is 5.10 Å². The van der Waals surface area contributed by atoms with Gasteiger partial charge in [-0.1, -0.05) is 0 Å². The molecule has 23 heavy (non-hydrogen) atoms. The number of aromatic nitrogens is 4. The van der Waals surface area contributed by atoms with Gasteiger partial charge in [0.25, 0.3) is 0 Å². The molecule has 0 aliphatic carbocycles. The van der Waals surface area contributed by atoms with Crippen molar-refractivity contribution >= 4 is 17.4 Å². The van der Waals surface area contributed by atoms with Crippen molar-refractivity contribution in [2.75, 3.05) is 12.4 Å². The summed E-state index contributed by atoms with van der Waals surface area (Å²) in [4.78, 5) is 22.1. The number of nitro groups is 1. The second-order valence-corrected chi connectivity index (χ2v) is 4.48.